The molecule has 1 aliphatic heterocycles. The van der Waals surface area contributed by atoms with Crippen molar-refractivity contribution in [2.24, 2.45) is 0 Å². The quantitative estimate of drug-likeness (QED) is 0.730. The zero-order valence-corrected chi connectivity index (χ0v) is 15.9. The van der Waals surface area contributed by atoms with E-state index in [0.29, 0.717) is 6.61 Å². The Hall–Kier alpha value is -2.57. The van der Waals surface area contributed by atoms with Crippen molar-refractivity contribution in [3.8, 4) is 0 Å². The van der Waals surface area contributed by atoms with E-state index in [1.807, 2.05) is 6.20 Å². The van der Waals surface area contributed by atoms with E-state index >= 15 is 0 Å². The third kappa shape index (κ3) is 3.77. The third-order valence-corrected chi connectivity index (χ3v) is 5.23. The number of ether oxygens (including phenoxy) is 1. The van der Waals surface area contributed by atoms with Gasteiger partial charge in [0, 0.05) is 62.7 Å². The molecule has 6 heteroatoms. The Morgan fingerprint density at radius 2 is 2.15 bits per heavy atom. The SMILES string of the molecule is CN(C)C(=O)COCC1CN(Cc2cccc3[nH]ccc23)Cc2cccn21. The summed E-state index contributed by atoms with van der Waals surface area (Å²) in [5.41, 5.74) is 3.79. The lowest BCUT2D eigenvalue weighted by molar-refractivity contribution is -0.134. The van der Waals surface area contributed by atoms with Crippen LogP contribution in [0.1, 0.15) is 17.3 Å². The molecule has 0 spiro atoms. The molecule has 3 aromatic rings. The monoisotopic (exact) mass is 366 g/mol. The van der Waals surface area contributed by atoms with Crippen molar-refractivity contribution in [3.05, 3.63) is 60.0 Å². The van der Waals surface area contributed by atoms with Crippen molar-refractivity contribution in [1.29, 1.82) is 0 Å². The highest BCUT2D eigenvalue weighted by Gasteiger charge is 2.25. The molecule has 1 unspecified atom stereocenters. The van der Waals surface area contributed by atoms with Gasteiger partial charge in [-0.2, -0.15) is 0 Å². The van der Waals surface area contributed by atoms with Crippen LogP contribution in [0.2, 0.25) is 0 Å². The van der Waals surface area contributed by atoms with E-state index in [9.17, 15) is 4.79 Å². The molecule has 0 bridgehead atoms. The molecule has 2 aromatic heterocycles. The van der Waals surface area contributed by atoms with Gasteiger partial charge in [-0.05, 0) is 29.8 Å². The Kier molecular flexibility index (Phi) is 5.01. The second-order valence-corrected chi connectivity index (χ2v) is 7.39. The molecule has 1 amide bonds. The minimum absolute atomic E-state index is 0.00506. The average Bonchev–Trinajstić information content (AvgIpc) is 3.30. The number of hydrogen-bond donors (Lipinski definition) is 1. The molecule has 1 N–H and O–H groups in total. The summed E-state index contributed by atoms with van der Waals surface area (Å²) >= 11 is 0. The molecular weight excluding hydrogens is 340 g/mol. The van der Waals surface area contributed by atoms with Gasteiger partial charge in [0.1, 0.15) is 6.61 Å². The van der Waals surface area contributed by atoms with E-state index in [1.165, 1.54) is 22.2 Å². The number of rotatable bonds is 6. The number of H-pyrrole nitrogens is 1. The fourth-order valence-corrected chi connectivity index (χ4v) is 3.79. The number of likely N-dealkylation sites (N-methyl/N-ethyl adjacent to an activating group) is 1. The fourth-order valence-electron chi connectivity index (χ4n) is 3.79. The Morgan fingerprint density at radius 1 is 1.26 bits per heavy atom. The molecular formula is C21H26N4O2. The van der Waals surface area contributed by atoms with Gasteiger partial charge < -0.3 is 19.2 Å². The molecule has 27 heavy (non-hydrogen) atoms. The van der Waals surface area contributed by atoms with E-state index in [2.05, 4.69) is 57.0 Å². The van der Waals surface area contributed by atoms with Crippen LogP contribution in [0.5, 0.6) is 0 Å². The summed E-state index contributed by atoms with van der Waals surface area (Å²) in [5.74, 6) is -0.00506. The number of nitrogens with zero attached hydrogens (tertiary/aromatic N) is 3. The first kappa shape index (κ1) is 17.8. The van der Waals surface area contributed by atoms with Crippen molar-refractivity contribution < 1.29 is 9.53 Å². The number of benzene rings is 1. The van der Waals surface area contributed by atoms with Crippen LogP contribution in [0.4, 0.5) is 0 Å². The molecule has 0 fully saturated rings. The minimum Gasteiger partial charge on any atom is -0.369 e. The number of amides is 1. The van der Waals surface area contributed by atoms with Gasteiger partial charge in [-0.15, -0.1) is 0 Å². The maximum atomic E-state index is 11.8. The summed E-state index contributed by atoms with van der Waals surface area (Å²) in [5, 5.41) is 1.28. The zero-order chi connectivity index (χ0) is 18.8. The second-order valence-electron chi connectivity index (χ2n) is 7.39. The van der Waals surface area contributed by atoms with Crippen molar-refractivity contribution in [3.63, 3.8) is 0 Å². The summed E-state index contributed by atoms with van der Waals surface area (Å²) in [4.78, 5) is 19.1. The molecule has 3 heterocycles. The first-order valence-corrected chi connectivity index (χ1v) is 9.33. The highest BCUT2D eigenvalue weighted by molar-refractivity contribution is 5.82. The molecule has 1 aliphatic rings. The number of carbonyl (C=O) groups is 1. The standard InChI is InChI=1S/C21H26N4O2/c1-23(2)21(26)15-27-14-18-13-24(12-17-6-4-10-25(17)18)11-16-5-3-7-20-19(16)8-9-22-20/h3-10,18,22H,11-15H2,1-2H3. The first-order chi connectivity index (χ1) is 13.1. The predicted molar refractivity (Wildman–Crippen MR) is 105 cm³/mol. The second kappa shape index (κ2) is 7.58. The smallest absolute Gasteiger partial charge is 0.248 e. The van der Waals surface area contributed by atoms with Gasteiger partial charge in [-0.3, -0.25) is 9.69 Å². The number of aromatic nitrogens is 2. The van der Waals surface area contributed by atoms with Crippen LogP contribution < -0.4 is 0 Å². The molecule has 142 valence electrons. The van der Waals surface area contributed by atoms with Crippen LogP contribution in [0, 0.1) is 0 Å². The summed E-state index contributed by atoms with van der Waals surface area (Å²) in [6, 6.07) is 13.0. The van der Waals surface area contributed by atoms with Crippen molar-refractivity contribution in [2.75, 3.05) is 33.9 Å². The van der Waals surface area contributed by atoms with Crippen molar-refractivity contribution in [2.45, 2.75) is 19.1 Å². The van der Waals surface area contributed by atoms with Crippen LogP contribution in [0.15, 0.2) is 48.8 Å². The lowest BCUT2D eigenvalue weighted by Crippen LogP contribution is -2.39. The van der Waals surface area contributed by atoms with Gasteiger partial charge in [-0.1, -0.05) is 12.1 Å². The topological polar surface area (TPSA) is 53.5 Å². The van der Waals surface area contributed by atoms with E-state index in [0.717, 1.165) is 19.6 Å². The Bertz CT molecular complexity index is 927. The molecule has 0 saturated heterocycles. The summed E-state index contributed by atoms with van der Waals surface area (Å²) in [6.45, 7) is 3.38. The molecule has 1 atom stereocenters. The van der Waals surface area contributed by atoms with Crippen LogP contribution in [0.25, 0.3) is 10.9 Å². The summed E-state index contributed by atoms with van der Waals surface area (Å²) < 4.78 is 8.02. The maximum absolute atomic E-state index is 11.8. The van der Waals surface area contributed by atoms with Crippen LogP contribution >= 0.6 is 0 Å². The number of fused-ring (bicyclic) bond motifs is 2. The van der Waals surface area contributed by atoms with E-state index in [1.54, 1.807) is 19.0 Å². The van der Waals surface area contributed by atoms with Crippen LogP contribution in [-0.2, 0) is 22.6 Å². The van der Waals surface area contributed by atoms with Crippen molar-refractivity contribution in [1.82, 2.24) is 19.4 Å². The van der Waals surface area contributed by atoms with Gasteiger partial charge in [0.05, 0.1) is 12.6 Å². The largest absolute Gasteiger partial charge is 0.369 e. The van der Waals surface area contributed by atoms with E-state index < -0.39 is 0 Å². The van der Waals surface area contributed by atoms with Gasteiger partial charge in [0.15, 0.2) is 0 Å². The van der Waals surface area contributed by atoms with Gasteiger partial charge >= 0.3 is 0 Å². The van der Waals surface area contributed by atoms with Gasteiger partial charge in [0.25, 0.3) is 0 Å². The fraction of sp³-hybridized carbons (Fsp3) is 0.381. The third-order valence-electron chi connectivity index (χ3n) is 5.23. The summed E-state index contributed by atoms with van der Waals surface area (Å²) in [7, 11) is 3.50. The molecule has 0 saturated carbocycles. The van der Waals surface area contributed by atoms with Crippen LogP contribution in [0.3, 0.4) is 0 Å². The van der Waals surface area contributed by atoms with Crippen LogP contribution in [-0.4, -0.2) is 59.1 Å². The highest BCUT2D eigenvalue weighted by atomic mass is 16.5. The molecule has 1 aromatic carbocycles. The lowest BCUT2D eigenvalue weighted by atomic mass is 10.1. The van der Waals surface area contributed by atoms with Crippen molar-refractivity contribution >= 4 is 16.8 Å². The Balaban J connectivity index is 1.46. The first-order valence-electron chi connectivity index (χ1n) is 9.33. The zero-order valence-electron chi connectivity index (χ0n) is 15.9. The number of aromatic amines is 1. The van der Waals surface area contributed by atoms with E-state index in [4.69, 9.17) is 4.74 Å². The van der Waals surface area contributed by atoms with Gasteiger partial charge in [-0.25, -0.2) is 0 Å². The molecule has 0 radical (unpaired) electrons. The lowest BCUT2D eigenvalue weighted by Gasteiger charge is -2.35. The molecule has 0 aliphatic carbocycles. The minimum atomic E-state index is -0.00506. The number of carbonyl (C=O) groups excluding carboxylic acids is 1. The predicted octanol–water partition coefficient (Wildman–Crippen LogP) is 2.63. The average molecular weight is 366 g/mol. The number of nitrogens with one attached hydrogen (secondary N) is 1. The maximum Gasteiger partial charge on any atom is 0.248 e. The van der Waals surface area contributed by atoms with E-state index in [-0.39, 0.29) is 18.6 Å². The summed E-state index contributed by atoms with van der Waals surface area (Å²) in [6.07, 6.45) is 4.11. The Labute approximate surface area is 159 Å². The molecule has 6 nitrogen and oxygen atoms in total. The normalized spacial score (nSPS) is 17.2. The number of hydrogen-bond acceptors (Lipinski definition) is 3. The highest BCUT2D eigenvalue weighted by Crippen LogP contribution is 2.26. The Morgan fingerprint density at radius 3 is 3.00 bits per heavy atom. The molecule has 4 rings (SSSR count). The van der Waals surface area contributed by atoms with Gasteiger partial charge in [0.2, 0.25) is 5.91 Å².